The molecule has 0 saturated carbocycles. The third-order valence-corrected chi connectivity index (χ3v) is 4.47. The fraction of sp³-hybridized carbons (Fsp3) is 0.688. The fourth-order valence-corrected chi connectivity index (χ4v) is 3.20. The molecule has 7 nitrogen and oxygen atoms in total. The molecule has 0 bridgehead atoms. The van der Waals surface area contributed by atoms with E-state index in [-0.39, 0.29) is 23.8 Å². The van der Waals surface area contributed by atoms with E-state index in [2.05, 4.69) is 9.72 Å². The van der Waals surface area contributed by atoms with Crippen molar-refractivity contribution in [3.05, 3.63) is 16.1 Å². The number of methoxy groups -OCH3 is 1. The van der Waals surface area contributed by atoms with Crippen LogP contribution in [0.5, 0.6) is 0 Å². The number of ether oxygens (including phenoxy) is 2. The van der Waals surface area contributed by atoms with E-state index in [9.17, 15) is 9.59 Å². The molecule has 0 spiro atoms. The number of hydrogen-bond donors (Lipinski definition) is 0. The van der Waals surface area contributed by atoms with Gasteiger partial charge in [0, 0.05) is 11.8 Å². The molecular weight excluding hydrogens is 332 g/mol. The Labute approximate surface area is 145 Å². The molecule has 1 aliphatic heterocycles. The Hall–Kier alpha value is -1.67. The van der Waals surface area contributed by atoms with E-state index >= 15 is 0 Å². The number of esters is 1. The Kier molecular flexibility index (Phi) is 5.49. The molecule has 0 aliphatic carbocycles. The summed E-state index contributed by atoms with van der Waals surface area (Å²) < 4.78 is 10.1. The summed E-state index contributed by atoms with van der Waals surface area (Å²) >= 11 is 1.32. The Balaban J connectivity index is 2.16. The number of rotatable bonds is 3. The van der Waals surface area contributed by atoms with Crippen LogP contribution in [0.1, 0.15) is 62.6 Å². The Morgan fingerprint density at radius 1 is 1.42 bits per heavy atom. The summed E-state index contributed by atoms with van der Waals surface area (Å²) in [6.45, 7) is 9.48. The summed E-state index contributed by atoms with van der Waals surface area (Å²) in [7, 11) is 1.31. The van der Waals surface area contributed by atoms with E-state index < -0.39 is 17.7 Å². The quantitative estimate of drug-likeness (QED) is 0.771. The molecule has 2 atom stereocenters. The lowest BCUT2D eigenvalue weighted by atomic mass is 9.99. The van der Waals surface area contributed by atoms with Gasteiger partial charge in [-0.1, -0.05) is 13.8 Å². The molecule has 0 radical (unpaired) electrons. The van der Waals surface area contributed by atoms with Gasteiger partial charge in [-0.3, -0.25) is 4.84 Å². The van der Waals surface area contributed by atoms with E-state index in [1.807, 2.05) is 34.6 Å². The smallest absolute Gasteiger partial charge is 0.434 e. The minimum Gasteiger partial charge on any atom is -0.464 e. The van der Waals surface area contributed by atoms with Gasteiger partial charge in [0.15, 0.2) is 5.69 Å². The van der Waals surface area contributed by atoms with Crippen LogP contribution in [0.15, 0.2) is 5.38 Å². The highest BCUT2D eigenvalue weighted by atomic mass is 32.1. The number of aromatic nitrogens is 1. The second-order valence-electron chi connectivity index (χ2n) is 7.01. The van der Waals surface area contributed by atoms with Gasteiger partial charge in [0.05, 0.1) is 13.2 Å². The standard InChI is InChI=1S/C16H24N2O5S/c1-9(2)11-7-12(13-17-10(8-24-13)14(19)21-6)23-18(11)15(20)22-16(3,4)5/h8-9,11-12H,7H2,1-6H3/t11-,12-/m1/s1. The average molecular weight is 356 g/mol. The normalized spacial score (nSPS) is 21.2. The minimum atomic E-state index is -0.598. The van der Waals surface area contributed by atoms with Crippen LogP contribution in [0.25, 0.3) is 0 Å². The van der Waals surface area contributed by atoms with E-state index in [4.69, 9.17) is 9.57 Å². The van der Waals surface area contributed by atoms with Crippen molar-refractivity contribution in [2.75, 3.05) is 7.11 Å². The van der Waals surface area contributed by atoms with Crippen LogP contribution in [0.2, 0.25) is 0 Å². The van der Waals surface area contributed by atoms with E-state index in [1.54, 1.807) is 5.38 Å². The van der Waals surface area contributed by atoms with Crippen molar-refractivity contribution >= 4 is 23.4 Å². The molecule has 1 aliphatic rings. The molecule has 0 unspecified atom stereocenters. The van der Waals surface area contributed by atoms with E-state index in [0.717, 1.165) is 0 Å². The zero-order chi connectivity index (χ0) is 18.1. The lowest BCUT2D eigenvalue weighted by Gasteiger charge is -2.28. The summed E-state index contributed by atoms with van der Waals surface area (Å²) in [6, 6.07) is -0.115. The van der Waals surface area contributed by atoms with Crippen molar-refractivity contribution in [3.63, 3.8) is 0 Å². The van der Waals surface area contributed by atoms with Crippen LogP contribution < -0.4 is 0 Å². The van der Waals surface area contributed by atoms with Crippen LogP contribution in [-0.2, 0) is 14.3 Å². The minimum absolute atomic E-state index is 0.115. The second kappa shape index (κ2) is 7.06. The average Bonchev–Trinajstić information content (AvgIpc) is 3.11. The maximum atomic E-state index is 12.4. The molecular formula is C16H24N2O5S. The lowest BCUT2D eigenvalue weighted by molar-refractivity contribution is -0.156. The highest BCUT2D eigenvalue weighted by Crippen LogP contribution is 2.38. The monoisotopic (exact) mass is 356 g/mol. The number of carbonyl (C=O) groups excluding carboxylic acids is 2. The number of hydroxylamine groups is 2. The summed E-state index contributed by atoms with van der Waals surface area (Å²) in [5.41, 5.74) is -0.350. The Bertz CT molecular complexity index is 608. The molecule has 2 heterocycles. The van der Waals surface area contributed by atoms with Gasteiger partial charge < -0.3 is 9.47 Å². The summed E-state index contributed by atoms with van der Waals surface area (Å²) in [5.74, 6) is -0.289. The molecule has 1 aromatic heterocycles. The van der Waals surface area contributed by atoms with Gasteiger partial charge in [0.2, 0.25) is 0 Å². The molecule has 0 N–H and O–H groups in total. The van der Waals surface area contributed by atoms with E-state index in [0.29, 0.717) is 11.4 Å². The predicted octanol–water partition coefficient (Wildman–Crippen LogP) is 3.57. The predicted molar refractivity (Wildman–Crippen MR) is 88.6 cm³/mol. The topological polar surface area (TPSA) is 78.0 Å². The van der Waals surface area contributed by atoms with Crippen LogP contribution >= 0.6 is 11.3 Å². The first-order valence-electron chi connectivity index (χ1n) is 7.85. The maximum Gasteiger partial charge on any atom is 0.434 e. The van der Waals surface area contributed by atoms with Crippen LogP contribution in [0.3, 0.4) is 0 Å². The largest absolute Gasteiger partial charge is 0.464 e. The second-order valence-corrected chi connectivity index (χ2v) is 7.90. The van der Waals surface area contributed by atoms with Crippen molar-refractivity contribution < 1.29 is 23.9 Å². The van der Waals surface area contributed by atoms with Crippen molar-refractivity contribution in [1.29, 1.82) is 0 Å². The lowest BCUT2D eigenvalue weighted by Crippen LogP contribution is -2.41. The first-order valence-corrected chi connectivity index (χ1v) is 8.73. The Morgan fingerprint density at radius 2 is 2.08 bits per heavy atom. The first kappa shape index (κ1) is 18.7. The van der Waals surface area contributed by atoms with Gasteiger partial charge >= 0.3 is 12.1 Å². The fourth-order valence-electron chi connectivity index (χ4n) is 2.38. The molecule has 134 valence electrons. The SMILES string of the molecule is COC(=O)c1csc([C@H]2C[C@H](C(C)C)N(C(=O)OC(C)(C)C)O2)n1. The van der Waals surface area contributed by atoms with Gasteiger partial charge in [-0.2, -0.15) is 5.06 Å². The van der Waals surface area contributed by atoms with Crippen LogP contribution in [0.4, 0.5) is 4.79 Å². The van der Waals surface area contributed by atoms with Gasteiger partial charge in [-0.25, -0.2) is 14.6 Å². The van der Waals surface area contributed by atoms with Crippen LogP contribution in [-0.4, -0.2) is 40.9 Å². The van der Waals surface area contributed by atoms with E-state index in [1.165, 1.54) is 23.5 Å². The van der Waals surface area contributed by atoms with Gasteiger partial charge in [-0.05, 0) is 26.7 Å². The zero-order valence-electron chi connectivity index (χ0n) is 14.9. The number of thiazole rings is 1. The molecule has 24 heavy (non-hydrogen) atoms. The molecule has 0 aromatic carbocycles. The first-order chi connectivity index (χ1) is 11.1. The molecule has 1 saturated heterocycles. The third kappa shape index (κ3) is 4.24. The number of amides is 1. The highest BCUT2D eigenvalue weighted by molar-refractivity contribution is 7.09. The maximum absolute atomic E-state index is 12.4. The summed E-state index contributed by atoms with van der Waals surface area (Å²) in [4.78, 5) is 34.0. The number of carbonyl (C=O) groups is 2. The molecule has 2 rings (SSSR count). The summed E-state index contributed by atoms with van der Waals surface area (Å²) in [6.07, 6.45) is -0.285. The molecule has 8 heteroatoms. The molecule has 1 amide bonds. The highest BCUT2D eigenvalue weighted by Gasteiger charge is 2.42. The van der Waals surface area contributed by atoms with Crippen LogP contribution in [0, 0.1) is 5.92 Å². The van der Waals surface area contributed by atoms with Gasteiger partial charge in [-0.15, -0.1) is 11.3 Å². The van der Waals surface area contributed by atoms with Crippen molar-refractivity contribution in [2.24, 2.45) is 5.92 Å². The molecule has 1 aromatic rings. The zero-order valence-corrected chi connectivity index (χ0v) is 15.7. The number of hydrogen-bond acceptors (Lipinski definition) is 7. The third-order valence-electron chi connectivity index (χ3n) is 3.53. The number of nitrogens with zero attached hydrogens (tertiary/aromatic N) is 2. The van der Waals surface area contributed by atoms with Gasteiger partial charge in [0.1, 0.15) is 16.7 Å². The van der Waals surface area contributed by atoms with Gasteiger partial charge in [0.25, 0.3) is 0 Å². The Morgan fingerprint density at radius 3 is 2.62 bits per heavy atom. The van der Waals surface area contributed by atoms with Crippen molar-refractivity contribution in [2.45, 2.75) is 58.8 Å². The van der Waals surface area contributed by atoms with Crippen molar-refractivity contribution in [3.8, 4) is 0 Å². The summed E-state index contributed by atoms with van der Waals surface area (Å²) in [5, 5.41) is 3.58. The van der Waals surface area contributed by atoms with Crippen molar-refractivity contribution in [1.82, 2.24) is 10.0 Å². The molecule has 1 fully saturated rings.